The van der Waals surface area contributed by atoms with Gasteiger partial charge < -0.3 is 14.7 Å². The molecule has 86 valence electrons. The van der Waals surface area contributed by atoms with Crippen LogP contribution in [0.3, 0.4) is 0 Å². The maximum atomic E-state index is 5.44. The first kappa shape index (κ1) is 11.2. The average Bonchev–Trinajstić information content (AvgIpc) is 2.89. The van der Waals surface area contributed by atoms with E-state index in [1.54, 1.807) is 18.0 Å². The molecule has 2 rings (SSSR count). The summed E-state index contributed by atoms with van der Waals surface area (Å²) >= 11 is 1.66. The van der Waals surface area contributed by atoms with Crippen LogP contribution < -0.4 is 5.73 Å². The summed E-state index contributed by atoms with van der Waals surface area (Å²) in [6.45, 7) is 0.704. The minimum absolute atomic E-state index is 0.704. The smallest absolute Gasteiger partial charge is 0.200 e. The summed E-state index contributed by atoms with van der Waals surface area (Å²) in [6.07, 6.45) is 2.61. The Morgan fingerprint density at radius 3 is 3.06 bits per heavy atom. The maximum Gasteiger partial charge on any atom is 0.200 e. The highest BCUT2D eigenvalue weighted by Gasteiger charge is 2.12. The van der Waals surface area contributed by atoms with Gasteiger partial charge in [0.15, 0.2) is 16.7 Å². The van der Waals surface area contributed by atoms with Crippen molar-refractivity contribution < 1.29 is 4.42 Å². The van der Waals surface area contributed by atoms with Crippen LogP contribution in [0.1, 0.15) is 6.42 Å². The molecule has 0 saturated heterocycles. The normalized spacial score (nSPS) is 10.9. The van der Waals surface area contributed by atoms with Crippen LogP contribution in [0.4, 0.5) is 0 Å². The second kappa shape index (κ2) is 5.18. The fraction of sp³-hybridized carbons (Fsp3) is 0.400. The van der Waals surface area contributed by atoms with Gasteiger partial charge in [0.05, 0.1) is 6.26 Å². The summed E-state index contributed by atoms with van der Waals surface area (Å²) in [4.78, 5) is 0. The Labute approximate surface area is 98.0 Å². The predicted molar refractivity (Wildman–Crippen MR) is 63.1 cm³/mol. The van der Waals surface area contributed by atoms with E-state index < -0.39 is 0 Å². The predicted octanol–water partition coefficient (Wildman–Crippen LogP) is 1.52. The van der Waals surface area contributed by atoms with E-state index in [0.717, 1.165) is 28.9 Å². The molecule has 0 aliphatic heterocycles. The molecular weight excluding hydrogens is 224 g/mol. The highest BCUT2D eigenvalue weighted by Crippen LogP contribution is 2.22. The minimum atomic E-state index is 0.704. The van der Waals surface area contributed by atoms with Gasteiger partial charge in [0.1, 0.15) is 0 Å². The summed E-state index contributed by atoms with van der Waals surface area (Å²) in [7, 11) is 1.93. The number of furan rings is 1. The van der Waals surface area contributed by atoms with Gasteiger partial charge in [-0.25, -0.2) is 0 Å². The van der Waals surface area contributed by atoms with Crippen LogP contribution in [-0.4, -0.2) is 27.1 Å². The Morgan fingerprint density at radius 1 is 1.50 bits per heavy atom. The summed E-state index contributed by atoms with van der Waals surface area (Å²) in [6, 6.07) is 3.71. The molecule has 0 aliphatic rings. The molecule has 0 aromatic carbocycles. The van der Waals surface area contributed by atoms with E-state index in [0.29, 0.717) is 6.54 Å². The molecule has 6 heteroatoms. The summed E-state index contributed by atoms with van der Waals surface area (Å²) in [5, 5.41) is 9.11. The van der Waals surface area contributed by atoms with Gasteiger partial charge >= 0.3 is 0 Å². The van der Waals surface area contributed by atoms with Crippen LogP contribution in [0, 0.1) is 0 Å². The van der Waals surface area contributed by atoms with Crippen molar-refractivity contribution in [3.05, 3.63) is 18.4 Å². The van der Waals surface area contributed by atoms with Crippen LogP contribution in [0.2, 0.25) is 0 Å². The summed E-state index contributed by atoms with van der Waals surface area (Å²) in [5.41, 5.74) is 5.44. The molecule has 0 amide bonds. The van der Waals surface area contributed by atoms with Crippen molar-refractivity contribution in [2.24, 2.45) is 12.8 Å². The zero-order chi connectivity index (χ0) is 11.4. The zero-order valence-electron chi connectivity index (χ0n) is 9.09. The van der Waals surface area contributed by atoms with Gasteiger partial charge in [0, 0.05) is 12.8 Å². The molecule has 2 N–H and O–H groups in total. The van der Waals surface area contributed by atoms with E-state index in [-0.39, 0.29) is 0 Å². The molecule has 2 heterocycles. The van der Waals surface area contributed by atoms with Crippen LogP contribution >= 0.6 is 11.8 Å². The summed E-state index contributed by atoms with van der Waals surface area (Å²) in [5.74, 6) is 2.45. The first-order valence-electron chi connectivity index (χ1n) is 5.09. The van der Waals surface area contributed by atoms with Crippen molar-refractivity contribution in [1.82, 2.24) is 14.8 Å². The van der Waals surface area contributed by atoms with Gasteiger partial charge in [-0.1, -0.05) is 11.8 Å². The number of aromatic nitrogens is 3. The number of nitrogens with zero attached hydrogens (tertiary/aromatic N) is 3. The number of thioether (sulfide) groups is 1. The molecular formula is C10H14N4OS. The quantitative estimate of drug-likeness (QED) is 0.631. The topological polar surface area (TPSA) is 69.9 Å². The molecule has 0 radical (unpaired) electrons. The number of rotatable bonds is 5. The van der Waals surface area contributed by atoms with Crippen LogP contribution in [0.15, 0.2) is 28.0 Å². The highest BCUT2D eigenvalue weighted by atomic mass is 32.2. The molecule has 5 nitrogen and oxygen atoms in total. The lowest BCUT2D eigenvalue weighted by molar-refractivity contribution is 0.572. The number of hydrogen-bond acceptors (Lipinski definition) is 5. The fourth-order valence-corrected chi connectivity index (χ4v) is 2.18. The van der Waals surface area contributed by atoms with E-state index in [1.165, 1.54) is 0 Å². The van der Waals surface area contributed by atoms with Crippen molar-refractivity contribution in [2.75, 3.05) is 12.3 Å². The van der Waals surface area contributed by atoms with Gasteiger partial charge in [-0.15, -0.1) is 10.2 Å². The third kappa shape index (κ3) is 2.28. The maximum absolute atomic E-state index is 5.44. The largest absolute Gasteiger partial charge is 0.461 e. The summed E-state index contributed by atoms with van der Waals surface area (Å²) < 4.78 is 7.22. The van der Waals surface area contributed by atoms with Gasteiger partial charge in [0.25, 0.3) is 0 Å². The molecule has 0 aliphatic carbocycles. The van der Waals surface area contributed by atoms with Crippen LogP contribution in [-0.2, 0) is 7.05 Å². The lowest BCUT2D eigenvalue weighted by atomic mass is 10.4. The Morgan fingerprint density at radius 2 is 2.38 bits per heavy atom. The minimum Gasteiger partial charge on any atom is -0.461 e. The molecule has 2 aromatic heterocycles. The van der Waals surface area contributed by atoms with Crippen molar-refractivity contribution in [3.8, 4) is 11.6 Å². The van der Waals surface area contributed by atoms with Crippen LogP contribution in [0.5, 0.6) is 0 Å². The molecule has 2 aromatic rings. The molecule has 0 unspecified atom stereocenters. The number of nitrogens with two attached hydrogens (primary N) is 1. The Bertz CT molecular complexity index is 438. The van der Waals surface area contributed by atoms with Gasteiger partial charge in [-0.05, 0) is 25.1 Å². The Kier molecular flexibility index (Phi) is 3.63. The third-order valence-corrected chi connectivity index (χ3v) is 3.26. The zero-order valence-corrected chi connectivity index (χ0v) is 9.91. The first-order valence-corrected chi connectivity index (χ1v) is 6.07. The Balaban J connectivity index is 2.12. The molecule has 0 spiro atoms. The van der Waals surface area contributed by atoms with Gasteiger partial charge in [-0.3, -0.25) is 0 Å². The average molecular weight is 238 g/mol. The third-order valence-electron chi connectivity index (χ3n) is 2.16. The van der Waals surface area contributed by atoms with E-state index in [1.807, 2.05) is 23.7 Å². The molecule has 0 saturated carbocycles. The van der Waals surface area contributed by atoms with Crippen molar-refractivity contribution >= 4 is 11.8 Å². The standard InChI is InChI=1S/C10H14N4OS/c1-14-9(8-4-2-6-15-8)12-13-10(14)16-7-3-5-11/h2,4,6H,3,5,7,11H2,1H3. The van der Waals surface area contributed by atoms with Gasteiger partial charge in [0.2, 0.25) is 0 Å². The van der Waals surface area contributed by atoms with Crippen LogP contribution in [0.25, 0.3) is 11.6 Å². The second-order valence-corrected chi connectivity index (χ2v) is 4.40. The van der Waals surface area contributed by atoms with E-state index in [9.17, 15) is 0 Å². The second-order valence-electron chi connectivity index (χ2n) is 3.33. The van der Waals surface area contributed by atoms with Crippen molar-refractivity contribution in [2.45, 2.75) is 11.6 Å². The molecule has 0 bridgehead atoms. The van der Waals surface area contributed by atoms with Gasteiger partial charge in [-0.2, -0.15) is 0 Å². The molecule has 16 heavy (non-hydrogen) atoms. The Hall–Kier alpha value is -1.27. The first-order chi connectivity index (χ1) is 7.83. The SMILES string of the molecule is Cn1c(SCCCN)nnc1-c1ccco1. The lowest BCUT2D eigenvalue weighted by Gasteiger charge is -2.00. The van der Waals surface area contributed by atoms with E-state index >= 15 is 0 Å². The van der Waals surface area contributed by atoms with E-state index in [2.05, 4.69) is 10.2 Å². The fourth-order valence-electron chi connectivity index (χ4n) is 1.31. The molecule has 0 atom stereocenters. The monoisotopic (exact) mass is 238 g/mol. The highest BCUT2D eigenvalue weighted by molar-refractivity contribution is 7.99. The number of hydrogen-bond donors (Lipinski definition) is 1. The van der Waals surface area contributed by atoms with Crippen molar-refractivity contribution in [3.63, 3.8) is 0 Å². The molecule has 0 fully saturated rings. The van der Waals surface area contributed by atoms with E-state index in [4.69, 9.17) is 10.2 Å². The lowest BCUT2D eigenvalue weighted by Crippen LogP contribution is -2.00. The van der Waals surface area contributed by atoms with Crippen molar-refractivity contribution in [1.29, 1.82) is 0 Å².